The Morgan fingerprint density at radius 2 is 1.55 bits per heavy atom. The van der Waals surface area contributed by atoms with Gasteiger partial charge in [-0.3, -0.25) is 0 Å². The van der Waals surface area contributed by atoms with Crippen molar-refractivity contribution < 1.29 is 0 Å². The second-order valence-electron chi connectivity index (χ2n) is 6.24. The first-order valence-electron chi connectivity index (χ1n) is 8.48. The number of rotatable bonds is 6. The molecule has 1 fully saturated rings. The van der Waals surface area contributed by atoms with Crippen LogP contribution in [0, 0.1) is 5.92 Å². The molecule has 0 N–H and O–H groups in total. The molecule has 1 saturated carbocycles. The maximum absolute atomic E-state index is 4.03. The van der Waals surface area contributed by atoms with E-state index in [1.807, 2.05) is 0 Å². The fraction of sp³-hybridized carbons (Fsp3) is 0.684. The minimum Gasteiger partial charge on any atom is -0.0838 e. The summed E-state index contributed by atoms with van der Waals surface area (Å²) in [5.41, 5.74) is 6.25. The molecule has 1 aliphatic rings. The summed E-state index contributed by atoms with van der Waals surface area (Å²) in [5.74, 6) is 0.944. The molecule has 0 bridgehead atoms. The molecule has 1 unspecified atom stereocenters. The second kappa shape index (κ2) is 7.64. The third-order valence-corrected chi connectivity index (χ3v) is 5.74. The Kier molecular flexibility index (Phi) is 6.14. The van der Waals surface area contributed by atoms with Crippen LogP contribution < -0.4 is 0 Å². The Morgan fingerprint density at radius 1 is 1.00 bits per heavy atom. The van der Waals surface area contributed by atoms with E-state index >= 15 is 0 Å². The zero-order valence-corrected chi connectivity index (χ0v) is 14.9. The number of benzene rings is 1. The predicted octanol–water partition coefficient (Wildman–Crippen LogP) is 6.39. The van der Waals surface area contributed by atoms with Crippen molar-refractivity contribution in [3.63, 3.8) is 0 Å². The van der Waals surface area contributed by atoms with Crippen LogP contribution in [0.1, 0.15) is 80.0 Å². The van der Waals surface area contributed by atoms with Gasteiger partial charge in [0.1, 0.15) is 0 Å². The predicted molar refractivity (Wildman–Crippen MR) is 92.8 cm³/mol. The number of hydrogen-bond donors (Lipinski definition) is 0. The van der Waals surface area contributed by atoms with Crippen molar-refractivity contribution in [3.8, 4) is 0 Å². The maximum Gasteiger partial charge on any atom is 0.0403 e. The number of halogens is 1. The summed E-state index contributed by atoms with van der Waals surface area (Å²) in [6.07, 6.45) is 10.6. The van der Waals surface area contributed by atoms with E-state index < -0.39 is 0 Å². The normalized spacial score (nSPS) is 17.6. The zero-order valence-electron chi connectivity index (χ0n) is 13.3. The van der Waals surface area contributed by atoms with E-state index in [0.717, 1.165) is 25.2 Å². The smallest absolute Gasteiger partial charge is 0.0403 e. The Labute approximate surface area is 133 Å². The van der Waals surface area contributed by atoms with E-state index in [2.05, 4.69) is 48.8 Å². The molecule has 2 rings (SSSR count). The van der Waals surface area contributed by atoms with E-state index in [4.69, 9.17) is 0 Å². The lowest BCUT2D eigenvalue weighted by Crippen LogP contribution is -2.07. The van der Waals surface area contributed by atoms with Gasteiger partial charge in [0.2, 0.25) is 0 Å². The monoisotopic (exact) mass is 336 g/mol. The highest BCUT2D eigenvalue weighted by molar-refractivity contribution is 9.09. The summed E-state index contributed by atoms with van der Waals surface area (Å²) in [5, 5.41) is 0. The van der Waals surface area contributed by atoms with Gasteiger partial charge in [0, 0.05) is 4.83 Å². The molecule has 0 heterocycles. The van der Waals surface area contributed by atoms with Crippen molar-refractivity contribution in [2.24, 2.45) is 5.92 Å². The largest absolute Gasteiger partial charge is 0.0838 e. The van der Waals surface area contributed by atoms with Crippen LogP contribution in [0.4, 0.5) is 0 Å². The molecule has 0 amide bonds. The molecule has 0 saturated heterocycles. The van der Waals surface area contributed by atoms with Gasteiger partial charge in [-0.25, -0.2) is 0 Å². The minimum atomic E-state index is 0.557. The van der Waals surface area contributed by atoms with E-state index in [9.17, 15) is 0 Å². The lowest BCUT2D eigenvalue weighted by molar-refractivity contribution is 0.500. The maximum atomic E-state index is 4.03. The topological polar surface area (TPSA) is 0 Å². The molecule has 1 aliphatic carbocycles. The van der Waals surface area contributed by atoms with Crippen molar-refractivity contribution in [2.75, 3.05) is 0 Å². The van der Waals surface area contributed by atoms with Gasteiger partial charge in [-0.1, -0.05) is 74.5 Å². The first kappa shape index (κ1) is 16.1. The third kappa shape index (κ3) is 3.67. The van der Waals surface area contributed by atoms with Gasteiger partial charge in [0.15, 0.2) is 0 Å². The lowest BCUT2D eigenvalue weighted by Gasteiger charge is -2.22. The van der Waals surface area contributed by atoms with Gasteiger partial charge >= 0.3 is 0 Å². The lowest BCUT2D eigenvalue weighted by atomic mass is 9.88. The van der Waals surface area contributed by atoms with E-state index in [0.29, 0.717) is 4.83 Å². The fourth-order valence-electron chi connectivity index (χ4n) is 3.70. The van der Waals surface area contributed by atoms with Crippen molar-refractivity contribution in [1.29, 1.82) is 0 Å². The van der Waals surface area contributed by atoms with Crippen molar-refractivity contribution in [3.05, 3.63) is 34.4 Å². The van der Waals surface area contributed by atoms with E-state index in [1.54, 1.807) is 16.7 Å². The van der Waals surface area contributed by atoms with Gasteiger partial charge in [-0.15, -0.1) is 0 Å². The van der Waals surface area contributed by atoms with Gasteiger partial charge in [-0.2, -0.15) is 0 Å². The third-order valence-electron chi connectivity index (χ3n) is 4.91. The Balaban J connectivity index is 2.27. The van der Waals surface area contributed by atoms with Gasteiger partial charge < -0.3 is 0 Å². The molecule has 1 heteroatoms. The van der Waals surface area contributed by atoms with E-state index in [1.165, 1.54) is 37.7 Å². The number of aryl methyl sites for hydroxylation is 3. The van der Waals surface area contributed by atoms with Crippen LogP contribution in [0.15, 0.2) is 12.1 Å². The van der Waals surface area contributed by atoms with Gasteiger partial charge in [-0.05, 0) is 53.9 Å². The van der Waals surface area contributed by atoms with Crippen LogP contribution in [0.3, 0.4) is 0 Å². The molecule has 0 spiro atoms. The molecule has 0 aromatic heterocycles. The van der Waals surface area contributed by atoms with Crippen molar-refractivity contribution in [1.82, 2.24) is 0 Å². The number of alkyl halides is 1. The van der Waals surface area contributed by atoms with Crippen molar-refractivity contribution >= 4 is 15.9 Å². The number of hydrogen-bond acceptors (Lipinski definition) is 0. The van der Waals surface area contributed by atoms with Crippen LogP contribution in [0.5, 0.6) is 0 Å². The van der Waals surface area contributed by atoms with Crippen molar-refractivity contribution in [2.45, 2.75) is 77.0 Å². The summed E-state index contributed by atoms with van der Waals surface area (Å²) in [6.45, 7) is 6.86. The second-order valence-corrected chi connectivity index (χ2v) is 7.35. The van der Waals surface area contributed by atoms with E-state index in [-0.39, 0.29) is 0 Å². The molecule has 1 atom stereocenters. The zero-order chi connectivity index (χ0) is 14.5. The molecular weight excluding hydrogens is 308 g/mol. The molecule has 0 radical (unpaired) electrons. The molecule has 0 aliphatic heterocycles. The standard InChI is InChI=1S/C19H29Br/c1-4-14-11-16(5-2)19(17(6-3)12-14)18(20)13-15-9-7-8-10-15/h11-12,15,18H,4-10,13H2,1-3H3. The quantitative estimate of drug-likeness (QED) is 0.528. The van der Waals surface area contributed by atoms with Crippen LogP contribution in [0.25, 0.3) is 0 Å². The van der Waals surface area contributed by atoms with Crippen LogP contribution in [0.2, 0.25) is 0 Å². The first-order chi connectivity index (χ1) is 9.69. The molecule has 20 heavy (non-hydrogen) atoms. The highest BCUT2D eigenvalue weighted by Gasteiger charge is 2.22. The summed E-state index contributed by atoms with van der Waals surface area (Å²) in [7, 11) is 0. The van der Waals surface area contributed by atoms with Gasteiger partial charge in [0.25, 0.3) is 0 Å². The average molecular weight is 337 g/mol. The Hall–Kier alpha value is -0.300. The first-order valence-corrected chi connectivity index (χ1v) is 9.39. The van der Waals surface area contributed by atoms with Gasteiger partial charge in [0.05, 0.1) is 0 Å². The fourth-order valence-corrected chi connectivity index (χ4v) is 4.82. The highest BCUT2D eigenvalue weighted by atomic mass is 79.9. The minimum absolute atomic E-state index is 0.557. The molecular formula is C19H29Br. The van der Waals surface area contributed by atoms with Crippen LogP contribution in [-0.2, 0) is 19.3 Å². The van der Waals surface area contributed by atoms with Crippen LogP contribution >= 0.6 is 15.9 Å². The summed E-state index contributed by atoms with van der Waals surface area (Å²) in [4.78, 5) is 0.557. The molecule has 1 aromatic carbocycles. The Morgan fingerprint density at radius 3 is 2.00 bits per heavy atom. The summed E-state index contributed by atoms with van der Waals surface area (Å²) >= 11 is 4.03. The summed E-state index contributed by atoms with van der Waals surface area (Å²) in [6, 6.07) is 4.88. The summed E-state index contributed by atoms with van der Waals surface area (Å²) < 4.78 is 0. The molecule has 0 nitrogen and oxygen atoms in total. The highest BCUT2D eigenvalue weighted by Crippen LogP contribution is 2.40. The van der Waals surface area contributed by atoms with Crippen LogP contribution in [-0.4, -0.2) is 0 Å². The molecule has 112 valence electrons. The SMILES string of the molecule is CCc1cc(CC)c(C(Br)CC2CCCC2)c(CC)c1. The molecule has 1 aromatic rings. The average Bonchev–Trinajstić information content (AvgIpc) is 2.98. The Bertz CT molecular complexity index is 404.